The van der Waals surface area contributed by atoms with Gasteiger partial charge in [-0.2, -0.15) is 0 Å². The lowest BCUT2D eigenvalue weighted by molar-refractivity contribution is -0.148. The molecule has 0 fully saturated rings. The van der Waals surface area contributed by atoms with Crippen LogP contribution in [0.1, 0.15) is 6.92 Å². The number of carbonyl (C=O) groups is 1. The summed E-state index contributed by atoms with van der Waals surface area (Å²) in [4.78, 5) is 7.30. The van der Waals surface area contributed by atoms with Gasteiger partial charge >= 0.3 is 5.97 Å². The highest BCUT2D eigenvalue weighted by Gasteiger charge is 2.36. The normalized spacial score (nSPS) is 20.3. The molecule has 0 saturated heterocycles. The molecule has 0 radical (unpaired) electrons. The molecule has 0 amide bonds. The molecule has 0 aliphatic carbocycles. The first-order chi connectivity index (χ1) is 3.89. The number of hydrogen-bond donors (Lipinski definition) is 3. The van der Waals surface area contributed by atoms with E-state index in [9.17, 15) is 9.00 Å². The maximum Gasteiger partial charge on any atom is 0.351 e. The summed E-state index contributed by atoms with van der Waals surface area (Å²) in [5.41, 5.74) is 0. The van der Waals surface area contributed by atoms with E-state index in [1.54, 1.807) is 0 Å². The second-order valence-corrected chi connectivity index (χ2v) is 2.83. The summed E-state index contributed by atoms with van der Waals surface area (Å²) < 4.78 is 18.0. The molecule has 0 aromatic heterocycles. The van der Waals surface area contributed by atoms with E-state index in [0.29, 0.717) is 0 Å². The van der Waals surface area contributed by atoms with Crippen LogP contribution in [-0.2, 0) is 15.9 Å². The summed E-state index contributed by atoms with van der Waals surface area (Å²) in [6.45, 7) is 0.742. The summed E-state index contributed by atoms with van der Waals surface area (Å²) in [5.74, 6) is -1.72. The lowest BCUT2D eigenvalue weighted by Crippen LogP contribution is -2.39. The molecule has 0 saturated carbocycles. The van der Waals surface area contributed by atoms with E-state index in [-0.39, 0.29) is 0 Å². The fourth-order valence-electron chi connectivity index (χ4n) is 0.0747. The van der Waals surface area contributed by atoms with Crippen molar-refractivity contribution in [3.63, 3.8) is 0 Å². The molecule has 3 N–H and O–H groups in total. The van der Waals surface area contributed by atoms with Gasteiger partial charge in [0, 0.05) is 0 Å². The van der Waals surface area contributed by atoms with Crippen LogP contribution in [0.25, 0.3) is 0 Å². The van der Waals surface area contributed by atoms with Gasteiger partial charge in [0.2, 0.25) is 0 Å². The number of carboxylic acids is 1. The SMILES string of the molecule is CC(O)(C(=O)O)S(=O)O. The van der Waals surface area contributed by atoms with Crippen LogP contribution in [0.2, 0.25) is 0 Å². The Hall–Kier alpha value is -0.460. The highest BCUT2D eigenvalue weighted by molar-refractivity contribution is 7.81. The summed E-state index contributed by atoms with van der Waals surface area (Å²) in [7, 11) is 0. The monoisotopic (exact) mass is 154 g/mol. The Morgan fingerprint density at radius 3 is 2.00 bits per heavy atom. The second-order valence-electron chi connectivity index (χ2n) is 1.54. The summed E-state index contributed by atoms with van der Waals surface area (Å²) in [5, 5.41) is 16.5. The molecule has 0 heterocycles. The van der Waals surface area contributed by atoms with E-state index >= 15 is 0 Å². The van der Waals surface area contributed by atoms with Gasteiger partial charge in [-0.05, 0) is 6.92 Å². The van der Waals surface area contributed by atoms with Crippen molar-refractivity contribution in [1.29, 1.82) is 0 Å². The average molecular weight is 154 g/mol. The predicted octanol–water partition coefficient (Wildman–Crippen LogP) is -0.999. The Morgan fingerprint density at radius 2 is 2.00 bits per heavy atom. The molecule has 54 valence electrons. The minimum absolute atomic E-state index is 0.742. The third kappa shape index (κ3) is 1.74. The smallest absolute Gasteiger partial charge is 0.351 e. The molecule has 0 aromatic carbocycles. The van der Waals surface area contributed by atoms with Gasteiger partial charge < -0.3 is 14.8 Å². The van der Waals surface area contributed by atoms with Crippen molar-refractivity contribution in [3.8, 4) is 0 Å². The predicted molar refractivity (Wildman–Crippen MR) is 29.0 cm³/mol. The van der Waals surface area contributed by atoms with E-state index in [1.807, 2.05) is 0 Å². The fraction of sp³-hybridized carbons (Fsp3) is 0.667. The molecule has 0 aromatic rings. The van der Waals surface area contributed by atoms with Crippen LogP contribution in [0.15, 0.2) is 0 Å². The molecule has 0 aliphatic heterocycles. The van der Waals surface area contributed by atoms with E-state index in [1.165, 1.54) is 0 Å². The van der Waals surface area contributed by atoms with Crippen LogP contribution >= 0.6 is 0 Å². The molecular weight excluding hydrogens is 148 g/mol. The lowest BCUT2D eigenvalue weighted by Gasteiger charge is -2.10. The van der Waals surface area contributed by atoms with Crippen molar-refractivity contribution in [2.24, 2.45) is 0 Å². The van der Waals surface area contributed by atoms with Gasteiger partial charge in [-0.1, -0.05) is 0 Å². The van der Waals surface area contributed by atoms with Crippen LogP contribution in [0.3, 0.4) is 0 Å². The Bertz CT molecular complexity index is 134. The molecule has 6 heteroatoms. The summed E-state index contributed by atoms with van der Waals surface area (Å²) in [6, 6.07) is 0. The van der Waals surface area contributed by atoms with Crippen molar-refractivity contribution in [1.82, 2.24) is 0 Å². The largest absolute Gasteiger partial charge is 0.478 e. The highest BCUT2D eigenvalue weighted by Crippen LogP contribution is 2.05. The molecule has 0 aliphatic rings. The van der Waals surface area contributed by atoms with Crippen LogP contribution in [0.4, 0.5) is 0 Å². The molecule has 0 bridgehead atoms. The Morgan fingerprint density at radius 1 is 1.67 bits per heavy atom. The third-order valence-electron chi connectivity index (χ3n) is 0.737. The minimum atomic E-state index is -2.75. The van der Waals surface area contributed by atoms with Crippen molar-refractivity contribution in [2.75, 3.05) is 0 Å². The Labute approximate surface area is 53.6 Å². The zero-order chi connectivity index (χ0) is 7.65. The fourth-order valence-corrected chi connectivity index (χ4v) is 0.224. The van der Waals surface area contributed by atoms with Gasteiger partial charge in [-0.25, -0.2) is 9.00 Å². The molecule has 0 rings (SSSR count). The van der Waals surface area contributed by atoms with E-state index in [4.69, 9.17) is 14.8 Å². The lowest BCUT2D eigenvalue weighted by atomic mass is 10.4. The van der Waals surface area contributed by atoms with Gasteiger partial charge in [-0.15, -0.1) is 0 Å². The first-order valence-corrected chi connectivity index (χ1v) is 3.06. The molecule has 2 atom stereocenters. The number of aliphatic carboxylic acids is 1. The third-order valence-corrected chi connectivity index (χ3v) is 1.59. The van der Waals surface area contributed by atoms with Crippen molar-refractivity contribution in [3.05, 3.63) is 0 Å². The van der Waals surface area contributed by atoms with Crippen molar-refractivity contribution >= 4 is 17.0 Å². The molecule has 2 unspecified atom stereocenters. The molecule has 0 spiro atoms. The first-order valence-electron chi connectivity index (χ1n) is 1.95. The Kier molecular flexibility index (Phi) is 2.30. The van der Waals surface area contributed by atoms with Crippen LogP contribution in [-0.4, -0.2) is 29.9 Å². The number of carboxylic acid groups (broad SMARTS) is 1. The van der Waals surface area contributed by atoms with E-state index in [2.05, 4.69) is 0 Å². The van der Waals surface area contributed by atoms with E-state index in [0.717, 1.165) is 6.92 Å². The van der Waals surface area contributed by atoms with Crippen LogP contribution in [0, 0.1) is 0 Å². The zero-order valence-corrected chi connectivity index (χ0v) is 5.38. The number of hydrogen-bond acceptors (Lipinski definition) is 3. The van der Waals surface area contributed by atoms with Gasteiger partial charge in [0.15, 0.2) is 11.1 Å². The Balaban J connectivity index is 4.38. The highest BCUT2D eigenvalue weighted by atomic mass is 32.2. The van der Waals surface area contributed by atoms with Crippen LogP contribution < -0.4 is 0 Å². The standard InChI is InChI=1S/C3H6O5S/c1-3(6,2(4)5)9(7)8/h6H,1H3,(H,4,5)(H,7,8). The van der Waals surface area contributed by atoms with Crippen LogP contribution in [0.5, 0.6) is 0 Å². The van der Waals surface area contributed by atoms with Gasteiger partial charge in [0.1, 0.15) is 0 Å². The minimum Gasteiger partial charge on any atom is -0.478 e. The second kappa shape index (κ2) is 2.42. The van der Waals surface area contributed by atoms with Gasteiger partial charge in [0.25, 0.3) is 4.93 Å². The van der Waals surface area contributed by atoms with E-state index < -0.39 is 22.0 Å². The molecule has 5 nitrogen and oxygen atoms in total. The van der Waals surface area contributed by atoms with Crippen molar-refractivity contribution in [2.45, 2.75) is 11.9 Å². The number of rotatable bonds is 2. The maximum atomic E-state index is 9.94. The summed E-state index contributed by atoms with van der Waals surface area (Å²) in [6.07, 6.45) is 0. The average Bonchev–Trinajstić information content (AvgIpc) is 1.65. The molecular formula is C3H6O5S. The zero-order valence-electron chi connectivity index (χ0n) is 4.57. The maximum absolute atomic E-state index is 9.94. The summed E-state index contributed by atoms with van der Waals surface area (Å²) >= 11 is -2.75. The van der Waals surface area contributed by atoms with Gasteiger partial charge in [-0.3, -0.25) is 0 Å². The quantitative estimate of drug-likeness (QED) is 0.443. The van der Waals surface area contributed by atoms with Gasteiger partial charge in [0.05, 0.1) is 0 Å². The molecule has 9 heavy (non-hydrogen) atoms. The van der Waals surface area contributed by atoms with Crippen molar-refractivity contribution < 1.29 is 23.8 Å². The topological polar surface area (TPSA) is 94.8 Å². The first kappa shape index (κ1) is 8.54. The number of aliphatic hydroxyl groups is 1.